The molecule has 2 aromatic carbocycles. The SMILES string of the molecule is Cc1ccc(NC(=O)CN2CCCN(C(=O)c3cccc(Cl)c3)CC2)c(C)c1. The van der Waals surface area contributed by atoms with Crippen LogP contribution in [-0.2, 0) is 4.79 Å². The van der Waals surface area contributed by atoms with E-state index in [-0.39, 0.29) is 11.8 Å². The van der Waals surface area contributed by atoms with Gasteiger partial charge in [0.1, 0.15) is 0 Å². The normalized spacial score (nSPS) is 15.2. The van der Waals surface area contributed by atoms with E-state index in [4.69, 9.17) is 11.6 Å². The lowest BCUT2D eigenvalue weighted by atomic mass is 10.1. The number of carbonyl (C=O) groups is 2. The van der Waals surface area contributed by atoms with Crippen LogP contribution in [0.4, 0.5) is 5.69 Å². The van der Waals surface area contributed by atoms with Crippen LogP contribution in [0.25, 0.3) is 0 Å². The summed E-state index contributed by atoms with van der Waals surface area (Å²) in [5.74, 6) is -0.0364. The molecule has 1 saturated heterocycles. The van der Waals surface area contributed by atoms with Crippen molar-refractivity contribution in [2.24, 2.45) is 0 Å². The molecule has 1 heterocycles. The first kappa shape index (κ1) is 20.4. The highest BCUT2D eigenvalue weighted by Gasteiger charge is 2.21. The molecule has 0 radical (unpaired) electrons. The molecule has 2 amide bonds. The molecule has 1 N–H and O–H groups in total. The summed E-state index contributed by atoms with van der Waals surface area (Å²) in [6.45, 7) is 7.10. The molecule has 0 unspecified atom stereocenters. The van der Waals surface area contributed by atoms with Crippen molar-refractivity contribution < 1.29 is 9.59 Å². The van der Waals surface area contributed by atoms with E-state index in [2.05, 4.69) is 16.3 Å². The number of amides is 2. The maximum absolute atomic E-state index is 12.7. The largest absolute Gasteiger partial charge is 0.337 e. The third-order valence-electron chi connectivity index (χ3n) is 4.97. The first-order valence-corrected chi connectivity index (χ1v) is 9.94. The Balaban J connectivity index is 1.54. The number of hydrogen-bond donors (Lipinski definition) is 1. The Morgan fingerprint density at radius 2 is 1.86 bits per heavy atom. The average molecular weight is 400 g/mol. The Morgan fingerprint density at radius 1 is 1.04 bits per heavy atom. The molecule has 0 saturated carbocycles. The molecule has 148 valence electrons. The highest BCUT2D eigenvalue weighted by atomic mass is 35.5. The molecule has 0 aromatic heterocycles. The van der Waals surface area contributed by atoms with Crippen molar-refractivity contribution in [1.29, 1.82) is 0 Å². The monoisotopic (exact) mass is 399 g/mol. The molecule has 1 aliphatic heterocycles. The van der Waals surface area contributed by atoms with Crippen molar-refractivity contribution in [3.8, 4) is 0 Å². The van der Waals surface area contributed by atoms with Gasteiger partial charge in [-0.3, -0.25) is 14.5 Å². The summed E-state index contributed by atoms with van der Waals surface area (Å²) in [7, 11) is 0. The van der Waals surface area contributed by atoms with Crippen LogP contribution in [0.2, 0.25) is 5.02 Å². The van der Waals surface area contributed by atoms with Crippen LogP contribution < -0.4 is 5.32 Å². The number of hydrogen-bond acceptors (Lipinski definition) is 3. The zero-order chi connectivity index (χ0) is 20.1. The first-order valence-electron chi connectivity index (χ1n) is 9.56. The predicted octanol–water partition coefficient (Wildman–Crippen LogP) is 3.74. The highest BCUT2D eigenvalue weighted by molar-refractivity contribution is 6.30. The smallest absolute Gasteiger partial charge is 0.253 e. The molecule has 5 nitrogen and oxygen atoms in total. The van der Waals surface area contributed by atoms with Gasteiger partial charge in [0, 0.05) is 42.5 Å². The van der Waals surface area contributed by atoms with Crippen molar-refractivity contribution in [2.45, 2.75) is 20.3 Å². The van der Waals surface area contributed by atoms with Gasteiger partial charge in [0.2, 0.25) is 5.91 Å². The minimum absolute atomic E-state index is 0.0101. The quantitative estimate of drug-likeness (QED) is 0.851. The van der Waals surface area contributed by atoms with Crippen molar-refractivity contribution in [3.63, 3.8) is 0 Å². The van der Waals surface area contributed by atoms with Crippen LogP contribution in [0.3, 0.4) is 0 Å². The number of rotatable bonds is 4. The van der Waals surface area contributed by atoms with Crippen molar-refractivity contribution in [2.75, 3.05) is 38.0 Å². The summed E-state index contributed by atoms with van der Waals surface area (Å²) in [4.78, 5) is 29.1. The van der Waals surface area contributed by atoms with Gasteiger partial charge >= 0.3 is 0 Å². The Labute approximate surface area is 171 Å². The van der Waals surface area contributed by atoms with Gasteiger partial charge in [-0.2, -0.15) is 0 Å². The van der Waals surface area contributed by atoms with E-state index in [9.17, 15) is 9.59 Å². The van der Waals surface area contributed by atoms with Gasteiger partial charge in [0.15, 0.2) is 0 Å². The standard InChI is InChI=1S/C22H26ClN3O2/c1-16-7-8-20(17(2)13-16)24-21(27)15-25-9-4-10-26(12-11-25)22(28)18-5-3-6-19(23)14-18/h3,5-8,13-14H,4,9-12,15H2,1-2H3,(H,24,27). The van der Waals surface area contributed by atoms with Crippen molar-refractivity contribution >= 4 is 29.1 Å². The van der Waals surface area contributed by atoms with E-state index in [1.165, 1.54) is 5.56 Å². The van der Waals surface area contributed by atoms with Crippen LogP contribution in [0, 0.1) is 13.8 Å². The molecule has 3 rings (SSSR count). The van der Waals surface area contributed by atoms with Gasteiger partial charge in [-0.05, 0) is 50.1 Å². The number of carbonyl (C=O) groups excluding carboxylic acids is 2. The summed E-state index contributed by atoms with van der Waals surface area (Å²) in [5, 5.41) is 3.56. The number of halogens is 1. The van der Waals surface area contributed by atoms with Gasteiger partial charge in [-0.1, -0.05) is 35.4 Å². The van der Waals surface area contributed by atoms with Gasteiger partial charge in [-0.15, -0.1) is 0 Å². The van der Waals surface area contributed by atoms with Crippen molar-refractivity contribution in [1.82, 2.24) is 9.80 Å². The van der Waals surface area contributed by atoms with Crippen LogP contribution in [0.5, 0.6) is 0 Å². The number of aryl methyl sites for hydroxylation is 2. The van der Waals surface area contributed by atoms with E-state index in [0.29, 0.717) is 36.8 Å². The third kappa shape index (κ3) is 5.33. The summed E-state index contributed by atoms with van der Waals surface area (Å²) < 4.78 is 0. The molecule has 6 heteroatoms. The topological polar surface area (TPSA) is 52.7 Å². The van der Waals surface area contributed by atoms with Gasteiger partial charge in [0.05, 0.1) is 6.54 Å². The van der Waals surface area contributed by atoms with E-state index in [1.807, 2.05) is 30.9 Å². The second-order valence-electron chi connectivity index (χ2n) is 7.30. The lowest BCUT2D eigenvalue weighted by Crippen LogP contribution is -2.38. The molecule has 0 bridgehead atoms. The fourth-order valence-electron chi connectivity index (χ4n) is 3.48. The van der Waals surface area contributed by atoms with Crippen LogP contribution in [0.15, 0.2) is 42.5 Å². The average Bonchev–Trinajstić information content (AvgIpc) is 2.89. The minimum atomic E-state index is -0.0263. The van der Waals surface area contributed by atoms with Gasteiger partial charge in [-0.25, -0.2) is 0 Å². The molecule has 1 aliphatic rings. The van der Waals surface area contributed by atoms with Crippen LogP contribution in [-0.4, -0.2) is 54.3 Å². The number of nitrogens with zero attached hydrogens (tertiary/aromatic N) is 2. The molecule has 0 aliphatic carbocycles. The lowest BCUT2D eigenvalue weighted by molar-refractivity contribution is -0.117. The summed E-state index contributed by atoms with van der Waals surface area (Å²) >= 11 is 6.00. The molecule has 28 heavy (non-hydrogen) atoms. The molecule has 0 atom stereocenters. The minimum Gasteiger partial charge on any atom is -0.337 e. The van der Waals surface area contributed by atoms with Crippen LogP contribution in [0.1, 0.15) is 27.9 Å². The van der Waals surface area contributed by atoms with E-state index in [0.717, 1.165) is 24.2 Å². The maximum Gasteiger partial charge on any atom is 0.253 e. The molecule has 1 fully saturated rings. The highest BCUT2D eigenvalue weighted by Crippen LogP contribution is 2.17. The van der Waals surface area contributed by atoms with Gasteiger partial charge < -0.3 is 10.2 Å². The maximum atomic E-state index is 12.7. The molecule has 0 spiro atoms. The number of anilines is 1. The van der Waals surface area contributed by atoms with Crippen LogP contribution >= 0.6 is 11.6 Å². The zero-order valence-electron chi connectivity index (χ0n) is 16.4. The Kier molecular flexibility index (Phi) is 6.70. The third-order valence-corrected chi connectivity index (χ3v) is 5.21. The van der Waals surface area contributed by atoms with E-state index < -0.39 is 0 Å². The molecular weight excluding hydrogens is 374 g/mol. The number of benzene rings is 2. The molecule has 2 aromatic rings. The Morgan fingerprint density at radius 3 is 2.61 bits per heavy atom. The Bertz CT molecular complexity index is 869. The van der Waals surface area contributed by atoms with E-state index in [1.54, 1.807) is 24.3 Å². The Hall–Kier alpha value is -2.37. The fraction of sp³-hybridized carbons (Fsp3) is 0.364. The lowest BCUT2D eigenvalue weighted by Gasteiger charge is -2.22. The van der Waals surface area contributed by atoms with E-state index >= 15 is 0 Å². The second kappa shape index (κ2) is 9.22. The predicted molar refractivity (Wildman–Crippen MR) is 113 cm³/mol. The summed E-state index contributed by atoms with van der Waals surface area (Å²) in [6, 6.07) is 13.0. The summed E-state index contributed by atoms with van der Waals surface area (Å²) in [6.07, 6.45) is 0.836. The van der Waals surface area contributed by atoms with Gasteiger partial charge in [0.25, 0.3) is 5.91 Å². The second-order valence-corrected chi connectivity index (χ2v) is 7.74. The first-order chi connectivity index (χ1) is 13.4. The van der Waals surface area contributed by atoms with Crippen molar-refractivity contribution in [3.05, 3.63) is 64.2 Å². The fourth-order valence-corrected chi connectivity index (χ4v) is 3.67. The zero-order valence-corrected chi connectivity index (χ0v) is 17.1. The number of nitrogens with one attached hydrogen (secondary N) is 1. The summed E-state index contributed by atoms with van der Waals surface area (Å²) in [5.41, 5.74) is 3.69. The molecular formula is C22H26ClN3O2.